The van der Waals surface area contributed by atoms with Crippen LogP contribution in [-0.2, 0) is 0 Å². The number of nitro groups is 1. The van der Waals surface area contributed by atoms with Crippen molar-refractivity contribution in [1.82, 2.24) is 4.90 Å². The summed E-state index contributed by atoms with van der Waals surface area (Å²) in [4.78, 5) is 23.8. The van der Waals surface area contributed by atoms with Crippen LogP contribution in [0.4, 0.5) is 15.8 Å². The number of rotatable bonds is 5. The summed E-state index contributed by atoms with van der Waals surface area (Å²) < 4.78 is 13.3. The van der Waals surface area contributed by atoms with Gasteiger partial charge in [0.2, 0.25) is 0 Å². The number of nitrogen functional groups attached to an aromatic ring is 1. The summed E-state index contributed by atoms with van der Waals surface area (Å²) in [6.07, 6.45) is 1.90. The normalized spacial score (nSPS) is 12.0. The van der Waals surface area contributed by atoms with Crippen molar-refractivity contribution in [3.8, 4) is 0 Å². The largest absolute Gasteiger partial charge is 0.396 e. The zero-order chi connectivity index (χ0) is 15.4. The fourth-order valence-electron chi connectivity index (χ4n) is 1.65. The molecule has 0 heterocycles. The molecule has 0 aliphatic carbocycles. The summed E-state index contributed by atoms with van der Waals surface area (Å²) in [7, 11) is 1.55. The number of nitrogens with zero attached hydrogens (tertiary/aromatic N) is 2. The van der Waals surface area contributed by atoms with Crippen molar-refractivity contribution in [2.45, 2.75) is 13.0 Å². The van der Waals surface area contributed by atoms with Crippen LogP contribution in [0.3, 0.4) is 0 Å². The molecule has 1 unspecified atom stereocenters. The lowest BCUT2D eigenvalue weighted by atomic mass is 10.1. The average Bonchev–Trinajstić information content (AvgIpc) is 2.39. The molecule has 0 bridgehead atoms. The van der Waals surface area contributed by atoms with Crippen molar-refractivity contribution in [3.63, 3.8) is 0 Å². The quantitative estimate of drug-likeness (QED) is 0.511. The third kappa shape index (κ3) is 3.38. The Hall–Kier alpha value is -1.83. The van der Waals surface area contributed by atoms with Gasteiger partial charge in [-0.3, -0.25) is 14.9 Å². The number of hydrogen-bond donors (Lipinski definition) is 1. The molecule has 8 heteroatoms. The molecule has 1 rings (SSSR count). The second-order valence-electron chi connectivity index (χ2n) is 4.37. The number of nitro benzene ring substituents is 1. The van der Waals surface area contributed by atoms with Gasteiger partial charge in [-0.25, -0.2) is 4.39 Å². The molecule has 0 spiro atoms. The van der Waals surface area contributed by atoms with E-state index in [4.69, 9.17) is 5.73 Å². The molecular formula is C12H16FN3O3S. The molecule has 0 fully saturated rings. The maximum absolute atomic E-state index is 13.3. The van der Waals surface area contributed by atoms with E-state index in [0.29, 0.717) is 11.8 Å². The van der Waals surface area contributed by atoms with E-state index in [9.17, 15) is 19.3 Å². The highest BCUT2D eigenvalue weighted by atomic mass is 32.2. The monoisotopic (exact) mass is 301 g/mol. The molecule has 1 aromatic rings. The highest BCUT2D eigenvalue weighted by Crippen LogP contribution is 2.26. The Bertz CT molecular complexity index is 539. The molecule has 110 valence electrons. The summed E-state index contributed by atoms with van der Waals surface area (Å²) >= 11 is 1.55. The topological polar surface area (TPSA) is 89.5 Å². The zero-order valence-corrected chi connectivity index (χ0v) is 12.2. The van der Waals surface area contributed by atoms with E-state index in [1.807, 2.05) is 13.2 Å². The first kappa shape index (κ1) is 16.2. The predicted molar refractivity (Wildman–Crippen MR) is 77.4 cm³/mol. The molecule has 0 saturated heterocycles. The van der Waals surface area contributed by atoms with Crippen LogP contribution >= 0.6 is 11.8 Å². The van der Waals surface area contributed by atoms with Gasteiger partial charge in [0.1, 0.15) is 5.56 Å². The molecule has 1 amide bonds. The lowest BCUT2D eigenvalue weighted by molar-refractivity contribution is -0.385. The average molecular weight is 301 g/mol. The standard InChI is InChI=1S/C12H16FN3O3S/c1-7(6-20-3)15(2)12(17)8-4-10(14)9(13)5-11(8)16(18)19/h4-5,7H,6,14H2,1-3H3. The third-order valence-corrected chi connectivity index (χ3v) is 3.75. The van der Waals surface area contributed by atoms with Crippen molar-refractivity contribution < 1.29 is 14.1 Å². The molecule has 0 saturated carbocycles. The van der Waals surface area contributed by atoms with E-state index in [2.05, 4.69) is 0 Å². The van der Waals surface area contributed by atoms with Crippen molar-refractivity contribution in [2.75, 3.05) is 24.8 Å². The molecule has 0 aliphatic rings. The van der Waals surface area contributed by atoms with E-state index in [1.54, 1.807) is 18.8 Å². The van der Waals surface area contributed by atoms with E-state index < -0.39 is 22.3 Å². The number of amides is 1. The number of hydrogen-bond acceptors (Lipinski definition) is 5. The summed E-state index contributed by atoms with van der Waals surface area (Å²) in [5.74, 6) is -0.773. The fraction of sp³-hybridized carbons (Fsp3) is 0.417. The molecule has 0 aromatic heterocycles. The summed E-state index contributed by atoms with van der Waals surface area (Å²) in [5.41, 5.74) is 4.32. The van der Waals surface area contributed by atoms with Gasteiger partial charge in [0.05, 0.1) is 16.7 Å². The number of benzene rings is 1. The van der Waals surface area contributed by atoms with E-state index >= 15 is 0 Å². The van der Waals surface area contributed by atoms with Crippen LogP contribution in [0.1, 0.15) is 17.3 Å². The minimum Gasteiger partial charge on any atom is -0.396 e. The number of thioether (sulfide) groups is 1. The van der Waals surface area contributed by atoms with Crippen LogP contribution in [0, 0.1) is 15.9 Å². The van der Waals surface area contributed by atoms with Crippen molar-refractivity contribution in [1.29, 1.82) is 0 Å². The van der Waals surface area contributed by atoms with Crippen molar-refractivity contribution in [2.24, 2.45) is 0 Å². The molecule has 2 N–H and O–H groups in total. The number of carbonyl (C=O) groups excluding carboxylic acids is 1. The Morgan fingerprint density at radius 3 is 2.70 bits per heavy atom. The molecule has 0 aliphatic heterocycles. The second kappa shape index (κ2) is 6.56. The Kier molecular flexibility index (Phi) is 5.32. The lowest BCUT2D eigenvalue weighted by Crippen LogP contribution is -2.37. The van der Waals surface area contributed by atoms with E-state index in [1.165, 1.54) is 4.90 Å². The Morgan fingerprint density at radius 1 is 1.60 bits per heavy atom. The van der Waals surface area contributed by atoms with Gasteiger partial charge in [-0.05, 0) is 19.2 Å². The predicted octanol–water partition coefficient (Wildman–Crippen LogP) is 2.14. The molecule has 1 aromatic carbocycles. The van der Waals surface area contributed by atoms with Gasteiger partial charge in [-0.15, -0.1) is 0 Å². The maximum Gasteiger partial charge on any atom is 0.285 e. The molecule has 6 nitrogen and oxygen atoms in total. The van der Waals surface area contributed by atoms with Crippen LogP contribution in [0.25, 0.3) is 0 Å². The van der Waals surface area contributed by atoms with Crippen LogP contribution in [0.5, 0.6) is 0 Å². The lowest BCUT2D eigenvalue weighted by Gasteiger charge is -2.24. The number of anilines is 1. The Labute approximate surface area is 120 Å². The van der Waals surface area contributed by atoms with Crippen molar-refractivity contribution >= 4 is 29.0 Å². The third-order valence-electron chi connectivity index (χ3n) is 2.93. The van der Waals surface area contributed by atoms with Gasteiger partial charge >= 0.3 is 0 Å². The van der Waals surface area contributed by atoms with E-state index in [-0.39, 0.29) is 17.3 Å². The first-order chi connectivity index (χ1) is 9.29. The van der Waals surface area contributed by atoms with Gasteiger partial charge < -0.3 is 10.6 Å². The Balaban J connectivity index is 3.21. The number of nitrogens with two attached hydrogens (primary N) is 1. The van der Waals surface area contributed by atoms with Gasteiger partial charge in [-0.2, -0.15) is 11.8 Å². The highest BCUT2D eigenvalue weighted by molar-refractivity contribution is 7.98. The maximum atomic E-state index is 13.3. The van der Waals surface area contributed by atoms with Gasteiger partial charge in [0, 0.05) is 18.8 Å². The first-order valence-electron chi connectivity index (χ1n) is 5.79. The van der Waals surface area contributed by atoms with Gasteiger partial charge in [-0.1, -0.05) is 0 Å². The van der Waals surface area contributed by atoms with Gasteiger partial charge in [0.25, 0.3) is 11.6 Å². The molecule has 1 atom stereocenters. The highest BCUT2D eigenvalue weighted by Gasteiger charge is 2.27. The summed E-state index contributed by atoms with van der Waals surface area (Å²) in [6, 6.07) is 1.58. The minimum absolute atomic E-state index is 0.108. The molecular weight excluding hydrogens is 285 g/mol. The van der Waals surface area contributed by atoms with E-state index in [0.717, 1.165) is 6.07 Å². The Morgan fingerprint density at radius 2 is 2.20 bits per heavy atom. The SMILES string of the molecule is CSCC(C)N(C)C(=O)c1cc(N)c(F)cc1[N+](=O)[O-]. The molecule has 0 radical (unpaired) electrons. The van der Waals surface area contributed by atoms with Crippen LogP contribution in [0.2, 0.25) is 0 Å². The summed E-state index contributed by atoms with van der Waals surface area (Å²) in [5, 5.41) is 10.9. The van der Waals surface area contributed by atoms with Crippen LogP contribution < -0.4 is 5.73 Å². The fourth-order valence-corrected chi connectivity index (χ4v) is 2.35. The number of carbonyl (C=O) groups is 1. The van der Waals surface area contributed by atoms with Crippen LogP contribution in [-0.4, -0.2) is 40.8 Å². The minimum atomic E-state index is -0.909. The smallest absolute Gasteiger partial charge is 0.285 e. The van der Waals surface area contributed by atoms with Crippen molar-refractivity contribution in [3.05, 3.63) is 33.6 Å². The molecule has 20 heavy (non-hydrogen) atoms. The first-order valence-corrected chi connectivity index (χ1v) is 7.18. The second-order valence-corrected chi connectivity index (χ2v) is 5.28. The summed E-state index contributed by atoms with van der Waals surface area (Å²) in [6.45, 7) is 1.83. The van der Waals surface area contributed by atoms with Crippen LogP contribution in [0.15, 0.2) is 12.1 Å². The zero-order valence-electron chi connectivity index (χ0n) is 11.4. The van der Waals surface area contributed by atoms with Gasteiger partial charge in [0.15, 0.2) is 5.82 Å². The number of halogens is 1.